The minimum absolute atomic E-state index is 0.0339. The molecule has 0 aromatic rings. The van der Waals surface area contributed by atoms with E-state index in [-0.39, 0.29) is 34.5 Å². The number of allylic oxidation sites excluding steroid dienone is 2. The third-order valence-electron chi connectivity index (χ3n) is 20.8. The van der Waals surface area contributed by atoms with E-state index in [0.717, 1.165) is 31.8 Å². The molecule has 23 heteroatoms. The van der Waals surface area contributed by atoms with Gasteiger partial charge in [0.25, 0.3) is 0 Å². The molecule has 0 aromatic heterocycles. The predicted molar refractivity (Wildman–Crippen MR) is 270 cm³/mol. The molecule has 4 heterocycles. The van der Waals surface area contributed by atoms with Gasteiger partial charge in [0, 0.05) is 6.92 Å². The number of carbonyl (C=O) groups excluding carboxylic acids is 1. The standard InChI is InChI=1S/C55H92O23/c1-24(2)11-10-15-55(9,78-49-45(69)41(65)39(63)31(75-49)23-71-47-43(67)37(61)29(21-57)72-47)26-12-17-54(8)35(26)27(59)19-33-52(6)16-14-34(51(4,5)32(52)13-18-53(33,54)7)76-50-46(42(66)36(60)28(20-56)73-50)77-48-44(68)40(64)38(62)30(74-48)22-70-25(3)58/h11,26-50,56-57,59-69H,10,12-23H2,1-9H3/t26-,27+,28+,29+,30+,31+,32-,33+,34-,35-,36+,37-,38+,39+,40-,41-,42-,43-,44+,45+,46+,47+,48-,49-,50-,52-,53+,54+,55-/m0/s1. The summed E-state index contributed by atoms with van der Waals surface area (Å²) in [4.78, 5) is 11.6. The molecule has 4 aliphatic carbocycles. The fourth-order valence-electron chi connectivity index (χ4n) is 16.2. The second kappa shape index (κ2) is 23.8. The molecule has 29 atom stereocenters. The van der Waals surface area contributed by atoms with Crippen molar-refractivity contribution in [1.82, 2.24) is 0 Å². The zero-order valence-electron chi connectivity index (χ0n) is 46.6. The summed E-state index contributed by atoms with van der Waals surface area (Å²) < 4.78 is 54.2. The van der Waals surface area contributed by atoms with Crippen molar-refractivity contribution in [2.45, 2.75) is 255 Å². The summed E-state index contributed by atoms with van der Waals surface area (Å²) in [6, 6.07) is 0. The minimum Gasteiger partial charge on any atom is -0.463 e. The molecule has 8 aliphatic rings. The van der Waals surface area contributed by atoms with E-state index in [1.807, 2.05) is 20.8 Å². The van der Waals surface area contributed by atoms with Crippen LogP contribution in [-0.2, 0) is 47.4 Å². The molecule has 0 unspecified atom stereocenters. The summed E-state index contributed by atoms with van der Waals surface area (Å²) >= 11 is 0. The average Bonchev–Trinajstić information content (AvgIpc) is 3.97. The first-order valence-corrected chi connectivity index (χ1v) is 28.2. The van der Waals surface area contributed by atoms with Gasteiger partial charge in [-0.3, -0.25) is 4.79 Å². The summed E-state index contributed by atoms with van der Waals surface area (Å²) in [7, 11) is 0. The molecule has 23 nitrogen and oxygen atoms in total. The molecular weight excluding hydrogens is 1030 g/mol. The second-order valence-electron chi connectivity index (χ2n) is 25.9. The zero-order valence-corrected chi connectivity index (χ0v) is 46.6. The van der Waals surface area contributed by atoms with Gasteiger partial charge >= 0.3 is 5.97 Å². The first kappa shape index (κ1) is 62.4. The van der Waals surface area contributed by atoms with Crippen LogP contribution in [0.5, 0.6) is 0 Å². The van der Waals surface area contributed by atoms with Crippen molar-refractivity contribution in [3.8, 4) is 0 Å². The quantitative estimate of drug-likeness (QED) is 0.0472. The average molecular weight is 1120 g/mol. The number of ether oxygens (including phenoxy) is 9. The van der Waals surface area contributed by atoms with Gasteiger partial charge in [-0.15, -0.1) is 0 Å². The highest BCUT2D eigenvalue weighted by Crippen LogP contribution is 2.76. The van der Waals surface area contributed by atoms with E-state index < -0.39 is 178 Å². The van der Waals surface area contributed by atoms with Gasteiger partial charge in [-0.2, -0.15) is 0 Å². The molecule has 4 saturated heterocycles. The maximum absolute atomic E-state index is 12.9. The van der Waals surface area contributed by atoms with Crippen LogP contribution in [0, 0.1) is 45.3 Å². The Labute approximate surface area is 456 Å². The van der Waals surface area contributed by atoms with Crippen molar-refractivity contribution in [3.63, 3.8) is 0 Å². The van der Waals surface area contributed by atoms with E-state index in [4.69, 9.17) is 42.6 Å². The first-order valence-electron chi connectivity index (χ1n) is 28.2. The topological polar surface area (TPSA) is 363 Å². The van der Waals surface area contributed by atoms with E-state index in [1.54, 1.807) is 0 Å². The molecule has 0 bridgehead atoms. The van der Waals surface area contributed by atoms with Crippen LogP contribution >= 0.6 is 0 Å². The summed E-state index contributed by atoms with van der Waals surface area (Å²) in [5.74, 6) is -1.12. The molecular formula is C55H92O23. The lowest BCUT2D eigenvalue weighted by Crippen LogP contribution is -2.68. The first-order chi connectivity index (χ1) is 36.5. The van der Waals surface area contributed by atoms with Gasteiger partial charge in [0.1, 0.15) is 98.2 Å². The molecule has 8 rings (SSSR count). The number of hydrogen-bond acceptors (Lipinski definition) is 23. The Balaban J connectivity index is 1.01. The van der Waals surface area contributed by atoms with Crippen molar-refractivity contribution in [3.05, 3.63) is 11.6 Å². The van der Waals surface area contributed by atoms with Gasteiger partial charge in [-0.05, 0) is 124 Å². The Morgan fingerprint density at radius 1 is 0.590 bits per heavy atom. The Hall–Kier alpha value is -1.63. The predicted octanol–water partition coefficient (Wildman–Crippen LogP) is -0.993. The zero-order chi connectivity index (χ0) is 57.4. The highest BCUT2D eigenvalue weighted by atomic mass is 16.8. The number of carbonyl (C=O) groups is 1. The molecule has 0 amide bonds. The van der Waals surface area contributed by atoms with Crippen LogP contribution in [-0.4, -0.2) is 233 Å². The van der Waals surface area contributed by atoms with Crippen molar-refractivity contribution in [1.29, 1.82) is 0 Å². The summed E-state index contributed by atoms with van der Waals surface area (Å²) in [5.41, 5.74) is -1.55. The molecule has 450 valence electrons. The minimum atomic E-state index is -1.85. The molecule has 0 spiro atoms. The Kier molecular flexibility index (Phi) is 19.0. The van der Waals surface area contributed by atoms with Crippen molar-refractivity contribution >= 4 is 5.97 Å². The van der Waals surface area contributed by atoms with Gasteiger partial charge in [-0.1, -0.05) is 46.3 Å². The van der Waals surface area contributed by atoms with Gasteiger partial charge in [0.15, 0.2) is 25.2 Å². The Bertz CT molecular complexity index is 2060. The van der Waals surface area contributed by atoms with Crippen LogP contribution in [0.3, 0.4) is 0 Å². The lowest BCUT2D eigenvalue weighted by molar-refractivity contribution is -0.378. The van der Waals surface area contributed by atoms with Crippen molar-refractivity contribution in [2.75, 3.05) is 26.4 Å². The third-order valence-corrected chi connectivity index (χ3v) is 20.8. The molecule has 8 fully saturated rings. The fourth-order valence-corrected chi connectivity index (χ4v) is 16.2. The molecule has 4 aliphatic heterocycles. The monoisotopic (exact) mass is 1120 g/mol. The lowest BCUT2D eigenvalue weighted by atomic mass is 9.35. The van der Waals surface area contributed by atoms with Crippen LogP contribution in [0.4, 0.5) is 0 Å². The number of hydrogen-bond donors (Lipinski definition) is 13. The third kappa shape index (κ3) is 11.2. The van der Waals surface area contributed by atoms with Crippen molar-refractivity contribution in [2.24, 2.45) is 45.3 Å². The van der Waals surface area contributed by atoms with E-state index in [9.17, 15) is 71.2 Å². The maximum Gasteiger partial charge on any atom is 0.302 e. The van der Waals surface area contributed by atoms with Crippen LogP contribution in [0.2, 0.25) is 0 Å². The van der Waals surface area contributed by atoms with Gasteiger partial charge in [0.05, 0.1) is 37.6 Å². The van der Waals surface area contributed by atoms with Gasteiger partial charge < -0.3 is 109 Å². The number of fused-ring (bicyclic) bond motifs is 5. The maximum atomic E-state index is 12.9. The van der Waals surface area contributed by atoms with Gasteiger partial charge in [-0.25, -0.2) is 0 Å². The summed E-state index contributed by atoms with van der Waals surface area (Å²) in [6.45, 7) is 16.2. The Morgan fingerprint density at radius 2 is 1.13 bits per heavy atom. The number of aliphatic hydroxyl groups is 13. The van der Waals surface area contributed by atoms with Crippen LogP contribution < -0.4 is 0 Å². The van der Waals surface area contributed by atoms with E-state index in [1.165, 1.54) is 0 Å². The second-order valence-corrected chi connectivity index (χ2v) is 25.9. The van der Waals surface area contributed by atoms with Crippen LogP contribution in [0.15, 0.2) is 11.6 Å². The molecule has 4 saturated carbocycles. The van der Waals surface area contributed by atoms with Gasteiger partial charge in [0.2, 0.25) is 0 Å². The number of rotatable bonds is 17. The number of aliphatic hydroxyl groups excluding tert-OH is 13. The van der Waals surface area contributed by atoms with E-state index in [2.05, 4.69) is 40.7 Å². The molecule has 78 heavy (non-hydrogen) atoms. The van der Waals surface area contributed by atoms with Crippen molar-refractivity contribution < 1.29 is 114 Å². The fraction of sp³-hybridized carbons (Fsp3) is 0.945. The Morgan fingerprint density at radius 3 is 1.74 bits per heavy atom. The smallest absolute Gasteiger partial charge is 0.302 e. The van der Waals surface area contributed by atoms with E-state index in [0.29, 0.717) is 38.5 Å². The van der Waals surface area contributed by atoms with Crippen LogP contribution in [0.25, 0.3) is 0 Å². The summed E-state index contributed by atoms with van der Waals surface area (Å²) in [6.07, 6.45) is -22.6. The number of esters is 1. The van der Waals surface area contributed by atoms with E-state index >= 15 is 0 Å². The highest BCUT2D eigenvalue weighted by Gasteiger charge is 2.72. The summed E-state index contributed by atoms with van der Waals surface area (Å²) in [5, 5.41) is 142. The highest BCUT2D eigenvalue weighted by molar-refractivity contribution is 5.65. The lowest BCUT2D eigenvalue weighted by Gasteiger charge is -2.71. The molecule has 13 N–H and O–H groups in total. The largest absolute Gasteiger partial charge is 0.463 e. The molecule has 0 radical (unpaired) electrons. The van der Waals surface area contributed by atoms with Crippen LogP contribution in [0.1, 0.15) is 120 Å². The normalized spacial score (nSPS) is 50.9. The molecule has 0 aromatic carbocycles. The SMILES string of the molecule is CC(=O)OC[C@H]1O[C@@H](O[C@H]2[C@H](O[C@H]3CC[C@]4(C)[C@H]5C[C@@H](O)[C@@H]6[C@@H]([C@](C)(CCC=C(C)C)O[C@@H]7O[C@H](CO[C@@H]8O[C@H](CO)[C@H](O)[C@@H]8O)[C@@H](O)[C@H](O)[C@H]7O)CC[C@@]6(C)[C@]5(C)CC[C@H]4C3(C)C)O[C@H](CO)[C@@H](O)[C@@H]2O)[C@H](O)[C@@H](O)[C@@H]1O.